The summed E-state index contributed by atoms with van der Waals surface area (Å²) in [6.45, 7) is 12.6. The molecule has 0 bridgehead atoms. The monoisotopic (exact) mass is 380 g/mol. The number of hydrogen-bond acceptors (Lipinski definition) is 0. The lowest BCUT2D eigenvalue weighted by molar-refractivity contribution is -0.288. The van der Waals surface area contributed by atoms with Crippen LogP contribution in [0.2, 0.25) is 0 Å². The van der Waals surface area contributed by atoms with Gasteiger partial charge in [-0.3, -0.25) is 0 Å². The van der Waals surface area contributed by atoms with Gasteiger partial charge in [-0.1, -0.05) is 88.9 Å². The highest BCUT2D eigenvalue weighted by Crippen LogP contribution is 2.56. The number of alkyl halides is 6. The molecule has 0 amide bonds. The molecule has 0 saturated heterocycles. The Bertz CT molecular complexity index is 548. The number of benzene rings is 1. The first kappa shape index (κ1) is 26.3. The third-order valence-electron chi connectivity index (χ3n) is 3.13. The van der Waals surface area contributed by atoms with E-state index < -0.39 is 28.9 Å². The van der Waals surface area contributed by atoms with Crippen molar-refractivity contribution < 1.29 is 26.3 Å². The molecule has 0 saturated carbocycles. The molecule has 0 nitrogen and oxygen atoms in total. The van der Waals surface area contributed by atoms with Crippen LogP contribution in [0.25, 0.3) is 0 Å². The first-order valence-corrected chi connectivity index (χ1v) is 8.27. The molecule has 0 spiro atoms. The summed E-state index contributed by atoms with van der Waals surface area (Å²) in [6, 6.07) is 5.28. The van der Waals surface area contributed by atoms with Gasteiger partial charge >= 0.3 is 12.4 Å². The molecule has 0 aliphatic rings. The lowest BCUT2D eigenvalue weighted by Crippen LogP contribution is -2.55. The fraction of sp³-hybridized carbons (Fsp3) is 0.400. The van der Waals surface area contributed by atoms with Gasteiger partial charge in [-0.2, -0.15) is 26.3 Å². The van der Waals surface area contributed by atoms with Crippen molar-refractivity contribution >= 4 is 0 Å². The van der Waals surface area contributed by atoms with E-state index in [1.54, 1.807) is 0 Å². The molecule has 0 heterocycles. The second kappa shape index (κ2) is 11.6. The van der Waals surface area contributed by atoms with Crippen LogP contribution in [0, 0.1) is 0 Å². The number of halogens is 6. The Hall–Kier alpha value is -1.98. The zero-order valence-corrected chi connectivity index (χ0v) is 15.7. The molecule has 0 atom stereocenters. The summed E-state index contributed by atoms with van der Waals surface area (Å²) in [4.78, 5) is 0. The molecule has 26 heavy (non-hydrogen) atoms. The van der Waals surface area contributed by atoms with Gasteiger partial charge in [-0.05, 0) is 18.1 Å². The fourth-order valence-electron chi connectivity index (χ4n) is 2.28. The molecule has 1 aromatic carbocycles. The predicted octanol–water partition coefficient (Wildman–Crippen LogP) is 7.79. The minimum Gasteiger partial charge on any atom is -0.169 e. The van der Waals surface area contributed by atoms with E-state index >= 15 is 0 Å². The molecular weight excluding hydrogens is 354 g/mol. The zero-order chi connectivity index (χ0) is 21.0. The minimum atomic E-state index is -5.57. The number of hydrogen-bond donors (Lipinski definition) is 0. The summed E-state index contributed by atoms with van der Waals surface area (Å²) < 4.78 is 81.7. The molecule has 0 aliphatic carbocycles. The highest BCUT2D eigenvalue weighted by Gasteiger charge is 2.72. The van der Waals surface area contributed by atoms with E-state index in [0.717, 1.165) is 48.6 Å². The van der Waals surface area contributed by atoms with Crippen LogP contribution in [-0.2, 0) is 5.41 Å². The molecule has 1 rings (SSSR count). The summed E-state index contributed by atoms with van der Waals surface area (Å²) in [7, 11) is 0. The quantitative estimate of drug-likeness (QED) is 0.369. The van der Waals surface area contributed by atoms with Gasteiger partial charge in [0.1, 0.15) is 0 Å². The van der Waals surface area contributed by atoms with Crippen LogP contribution in [-0.4, -0.2) is 12.4 Å². The Morgan fingerprint density at radius 3 is 1.58 bits per heavy atom. The second-order valence-corrected chi connectivity index (χ2v) is 4.47. The topological polar surface area (TPSA) is 0 Å². The Kier molecular flexibility index (Phi) is 11.7. The van der Waals surface area contributed by atoms with Gasteiger partial charge in [0.15, 0.2) is 0 Å². The Morgan fingerprint density at radius 2 is 1.27 bits per heavy atom. The molecule has 6 heteroatoms. The molecule has 0 N–H and O–H groups in total. The standard InChI is InChI=1S/C16H14F6.2C2H6/c1-3-8-12(9-4-2)14(15(17,18)19,16(20,21)22)13-10-6-5-7-11-13;2*1-2/h3-11H,1H2,2H3;2*1-2H3/b9-4-,12-8+;;. The second-order valence-electron chi connectivity index (χ2n) is 4.47. The van der Waals surface area contributed by atoms with Crippen LogP contribution < -0.4 is 0 Å². The number of allylic oxidation sites excluding steroid dienone is 5. The van der Waals surface area contributed by atoms with Gasteiger partial charge in [0.05, 0.1) is 0 Å². The molecule has 0 radical (unpaired) electrons. The average molecular weight is 380 g/mol. The van der Waals surface area contributed by atoms with Crippen molar-refractivity contribution in [1.82, 2.24) is 0 Å². The Balaban J connectivity index is 0. The van der Waals surface area contributed by atoms with Crippen LogP contribution in [0.4, 0.5) is 26.3 Å². The molecule has 0 aromatic heterocycles. The summed E-state index contributed by atoms with van der Waals surface area (Å²) in [5, 5.41) is 0. The third-order valence-corrected chi connectivity index (χ3v) is 3.13. The van der Waals surface area contributed by atoms with E-state index in [4.69, 9.17) is 0 Å². The summed E-state index contributed by atoms with van der Waals surface area (Å²) in [5.41, 5.74) is -5.93. The van der Waals surface area contributed by atoms with E-state index in [1.165, 1.54) is 13.0 Å². The smallest absolute Gasteiger partial charge is 0.169 e. The maximum atomic E-state index is 13.6. The third kappa shape index (κ3) is 5.51. The van der Waals surface area contributed by atoms with Crippen LogP contribution in [0.1, 0.15) is 40.2 Å². The van der Waals surface area contributed by atoms with Crippen LogP contribution in [0.3, 0.4) is 0 Å². The number of rotatable bonds is 4. The van der Waals surface area contributed by atoms with E-state index in [9.17, 15) is 26.3 Å². The lowest BCUT2D eigenvalue weighted by atomic mass is 9.72. The van der Waals surface area contributed by atoms with Gasteiger partial charge in [-0.25, -0.2) is 0 Å². The molecule has 0 aliphatic heterocycles. The Morgan fingerprint density at radius 1 is 0.846 bits per heavy atom. The van der Waals surface area contributed by atoms with Crippen molar-refractivity contribution in [3.8, 4) is 0 Å². The molecule has 0 fully saturated rings. The largest absolute Gasteiger partial charge is 0.411 e. The summed E-state index contributed by atoms with van der Waals surface area (Å²) in [6.07, 6.45) is -7.57. The fourth-order valence-corrected chi connectivity index (χ4v) is 2.28. The normalized spacial score (nSPS) is 12.7. The van der Waals surface area contributed by atoms with E-state index in [0.29, 0.717) is 0 Å². The molecular formula is C20H26F6. The first-order valence-electron chi connectivity index (χ1n) is 8.27. The van der Waals surface area contributed by atoms with Gasteiger partial charge in [-0.15, -0.1) is 0 Å². The predicted molar refractivity (Wildman–Crippen MR) is 96.0 cm³/mol. The van der Waals surface area contributed by atoms with Crippen molar-refractivity contribution in [3.05, 3.63) is 72.4 Å². The summed E-state index contributed by atoms with van der Waals surface area (Å²) >= 11 is 0. The minimum absolute atomic E-state index is 0.730. The SMILES string of the molecule is C=C/C=C(\C=C/C)C(c1ccccc1)(C(F)(F)F)C(F)(F)F.CC.CC. The van der Waals surface area contributed by atoms with E-state index in [1.807, 2.05) is 27.7 Å². The summed E-state index contributed by atoms with van der Waals surface area (Å²) in [5.74, 6) is 0. The Labute approximate surface area is 151 Å². The van der Waals surface area contributed by atoms with Gasteiger partial charge < -0.3 is 0 Å². The maximum absolute atomic E-state index is 13.6. The van der Waals surface area contributed by atoms with Crippen molar-refractivity contribution in [1.29, 1.82) is 0 Å². The first-order chi connectivity index (χ1) is 12.1. The van der Waals surface area contributed by atoms with Gasteiger partial charge in [0.25, 0.3) is 0 Å². The van der Waals surface area contributed by atoms with Crippen molar-refractivity contribution in [3.63, 3.8) is 0 Å². The lowest BCUT2D eigenvalue weighted by Gasteiger charge is -2.39. The van der Waals surface area contributed by atoms with Crippen molar-refractivity contribution in [2.45, 2.75) is 52.4 Å². The maximum Gasteiger partial charge on any atom is 0.411 e. The molecule has 148 valence electrons. The van der Waals surface area contributed by atoms with Crippen LogP contribution >= 0.6 is 0 Å². The highest BCUT2D eigenvalue weighted by molar-refractivity contribution is 5.47. The van der Waals surface area contributed by atoms with Gasteiger partial charge in [0, 0.05) is 0 Å². The van der Waals surface area contributed by atoms with E-state index in [2.05, 4.69) is 6.58 Å². The van der Waals surface area contributed by atoms with E-state index in [-0.39, 0.29) is 0 Å². The van der Waals surface area contributed by atoms with Crippen molar-refractivity contribution in [2.24, 2.45) is 0 Å². The molecule has 1 aromatic rings. The average Bonchev–Trinajstić information content (AvgIpc) is 2.58. The zero-order valence-electron chi connectivity index (χ0n) is 15.7. The van der Waals surface area contributed by atoms with Crippen molar-refractivity contribution in [2.75, 3.05) is 0 Å². The highest BCUT2D eigenvalue weighted by atomic mass is 19.4. The van der Waals surface area contributed by atoms with Crippen LogP contribution in [0.15, 0.2) is 66.8 Å². The van der Waals surface area contributed by atoms with Crippen LogP contribution in [0.5, 0.6) is 0 Å². The van der Waals surface area contributed by atoms with Gasteiger partial charge in [0.2, 0.25) is 5.41 Å². The molecule has 0 unspecified atom stereocenters.